The van der Waals surface area contributed by atoms with Gasteiger partial charge in [0.2, 0.25) is 0 Å². The van der Waals surface area contributed by atoms with E-state index in [1.165, 1.54) is 5.56 Å². The van der Waals surface area contributed by atoms with Crippen molar-refractivity contribution in [2.45, 2.75) is 32.8 Å². The van der Waals surface area contributed by atoms with Gasteiger partial charge >= 0.3 is 0 Å². The van der Waals surface area contributed by atoms with Gasteiger partial charge in [0.15, 0.2) is 5.96 Å². The fourth-order valence-corrected chi connectivity index (χ4v) is 2.72. The topological polar surface area (TPSA) is 72.1 Å². The lowest BCUT2D eigenvalue weighted by Crippen LogP contribution is -2.37. The van der Waals surface area contributed by atoms with Gasteiger partial charge in [0, 0.05) is 32.7 Å². The summed E-state index contributed by atoms with van der Waals surface area (Å²) < 4.78 is 11.0. The number of hydrogen-bond acceptors (Lipinski definition) is 4. The number of rotatable bonds is 9. The van der Waals surface area contributed by atoms with Crippen LogP contribution in [0.15, 0.2) is 29.3 Å². The van der Waals surface area contributed by atoms with Gasteiger partial charge in [-0.3, -0.25) is 9.89 Å². The molecule has 1 heterocycles. The molecule has 0 atom stereocenters. The molecule has 6 nitrogen and oxygen atoms in total. The van der Waals surface area contributed by atoms with Crippen molar-refractivity contribution in [3.8, 4) is 5.75 Å². The number of aliphatic imine (C=N–C) groups is 1. The molecule has 0 amide bonds. The molecule has 1 fully saturated rings. The lowest BCUT2D eigenvalue weighted by molar-refractivity contribution is 0.0377. The number of hydrogen-bond donors (Lipinski definition) is 2. The predicted molar refractivity (Wildman–Crippen MR) is 102 cm³/mol. The normalized spacial score (nSPS) is 16.2. The second-order valence-corrected chi connectivity index (χ2v) is 6.56. The third kappa shape index (κ3) is 8.23. The van der Waals surface area contributed by atoms with Gasteiger partial charge in [-0.15, -0.1) is 0 Å². The molecule has 0 saturated carbocycles. The SMILES string of the molecule is CC(C)Oc1ccc(CCNC(N)=NCCCN2CCOCC2)cc1. The minimum atomic E-state index is 0.201. The number of guanidine groups is 1. The Labute approximate surface area is 151 Å². The van der Waals surface area contributed by atoms with E-state index < -0.39 is 0 Å². The largest absolute Gasteiger partial charge is 0.491 e. The summed E-state index contributed by atoms with van der Waals surface area (Å²) in [5.74, 6) is 1.44. The Morgan fingerprint density at radius 3 is 2.68 bits per heavy atom. The minimum absolute atomic E-state index is 0.201. The molecule has 0 aliphatic carbocycles. The number of nitrogens with zero attached hydrogens (tertiary/aromatic N) is 2. The lowest BCUT2D eigenvalue weighted by Gasteiger charge is -2.26. The number of morpholine rings is 1. The maximum absolute atomic E-state index is 5.92. The van der Waals surface area contributed by atoms with Gasteiger partial charge in [-0.1, -0.05) is 12.1 Å². The Morgan fingerprint density at radius 2 is 2.00 bits per heavy atom. The second-order valence-electron chi connectivity index (χ2n) is 6.56. The van der Waals surface area contributed by atoms with Crippen molar-refractivity contribution < 1.29 is 9.47 Å². The monoisotopic (exact) mass is 348 g/mol. The van der Waals surface area contributed by atoms with Crippen LogP contribution in [-0.2, 0) is 11.2 Å². The summed E-state index contributed by atoms with van der Waals surface area (Å²) >= 11 is 0. The van der Waals surface area contributed by atoms with Crippen LogP contribution in [0.3, 0.4) is 0 Å². The molecule has 140 valence electrons. The van der Waals surface area contributed by atoms with Crippen LogP contribution in [0.1, 0.15) is 25.8 Å². The molecule has 0 radical (unpaired) electrons. The highest BCUT2D eigenvalue weighted by Gasteiger charge is 2.08. The average molecular weight is 348 g/mol. The fourth-order valence-electron chi connectivity index (χ4n) is 2.72. The summed E-state index contributed by atoms with van der Waals surface area (Å²) in [6.07, 6.45) is 2.14. The minimum Gasteiger partial charge on any atom is -0.491 e. The van der Waals surface area contributed by atoms with E-state index in [-0.39, 0.29) is 6.10 Å². The van der Waals surface area contributed by atoms with E-state index in [9.17, 15) is 0 Å². The molecule has 0 bridgehead atoms. The van der Waals surface area contributed by atoms with E-state index in [0.717, 1.165) is 64.5 Å². The summed E-state index contributed by atoms with van der Waals surface area (Å²) in [6, 6.07) is 8.21. The fraction of sp³-hybridized carbons (Fsp3) is 0.632. The molecule has 2 rings (SSSR count). The Balaban J connectivity index is 1.58. The number of nitrogens with two attached hydrogens (primary N) is 1. The molecule has 6 heteroatoms. The Bertz CT molecular complexity index is 511. The number of nitrogens with one attached hydrogen (secondary N) is 1. The van der Waals surface area contributed by atoms with Gasteiger partial charge in [0.1, 0.15) is 5.75 Å². The quantitative estimate of drug-likeness (QED) is 0.403. The molecule has 1 saturated heterocycles. The van der Waals surface area contributed by atoms with Gasteiger partial charge in [0.25, 0.3) is 0 Å². The van der Waals surface area contributed by atoms with E-state index in [1.807, 2.05) is 26.0 Å². The summed E-state index contributed by atoms with van der Waals surface area (Å²) in [4.78, 5) is 6.80. The first-order valence-electron chi connectivity index (χ1n) is 9.23. The lowest BCUT2D eigenvalue weighted by atomic mass is 10.1. The van der Waals surface area contributed by atoms with Crippen LogP contribution in [0.2, 0.25) is 0 Å². The molecule has 1 aliphatic heterocycles. The van der Waals surface area contributed by atoms with Crippen molar-refractivity contribution in [2.75, 3.05) is 45.9 Å². The predicted octanol–water partition coefficient (Wildman–Crippen LogP) is 1.64. The highest BCUT2D eigenvalue weighted by molar-refractivity contribution is 5.77. The Hall–Kier alpha value is -1.79. The molecular formula is C19H32N4O2. The third-order valence-electron chi connectivity index (χ3n) is 4.03. The van der Waals surface area contributed by atoms with Gasteiger partial charge in [-0.05, 0) is 44.4 Å². The molecule has 25 heavy (non-hydrogen) atoms. The van der Waals surface area contributed by atoms with Gasteiger partial charge < -0.3 is 20.5 Å². The molecule has 1 aromatic rings. The van der Waals surface area contributed by atoms with Gasteiger partial charge in [0.05, 0.1) is 19.3 Å². The van der Waals surface area contributed by atoms with Crippen LogP contribution in [0.4, 0.5) is 0 Å². The number of ether oxygens (including phenoxy) is 2. The standard InChI is InChI=1S/C19H32N4O2/c1-16(2)25-18-6-4-17(5-7-18)8-10-22-19(20)21-9-3-11-23-12-14-24-15-13-23/h4-7,16H,3,8-15H2,1-2H3,(H3,20,21,22). The molecule has 0 aromatic heterocycles. The van der Waals surface area contributed by atoms with E-state index in [4.69, 9.17) is 15.2 Å². The highest BCUT2D eigenvalue weighted by Crippen LogP contribution is 2.13. The first kappa shape index (κ1) is 19.5. The second kappa shape index (κ2) is 10.9. The van der Waals surface area contributed by atoms with Crippen LogP contribution in [0.5, 0.6) is 5.75 Å². The van der Waals surface area contributed by atoms with Crippen molar-refractivity contribution in [1.82, 2.24) is 10.2 Å². The maximum atomic E-state index is 5.92. The van der Waals surface area contributed by atoms with Crippen LogP contribution in [0, 0.1) is 0 Å². The molecule has 0 unspecified atom stereocenters. The third-order valence-corrected chi connectivity index (χ3v) is 4.03. The average Bonchev–Trinajstić information content (AvgIpc) is 2.61. The highest BCUT2D eigenvalue weighted by atomic mass is 16.5. The zero-order valence-electron chi connectivity index (χ0n) is 15.5. The smallest absolute Gasteiger partial charge is 0.188 e. The molecule has 0 spiro atoms. The van der Waals surface area contributed by atoms with E-state index in [1.54, 1.807) is 0 Å². The summed E-state index contributed by atoms with van der Waals surface area (Å²) in [6.45, 7) is 10.4. The first-order valence-corrected chi connectivity index (χ1v) is 9.23. The van der Waals surface area contributed by atoms with Crippen molar-refractivity contribution in [1.29, 1.82) is 0 Å². The Morgan fingerprint density at radius 1 is 1.28 bits per heavy atom. The van der Waals surface area contributed by atoms with Crippen molar-refractivity contribution in [3.05, 3.63) is 29.8 Å². The summed E-state index contributed by atoms with van der Waals surface area (Å²) in [5.41, 5.74) is 7.17. The van der Waals surface area contributed by atoms with Gasteiger partial charge in [-0.2, -0.15) is 0 Å². The summed E-state index contributed by atoms with van der Waals surface area (Å²) in [7, 11) is 0. The molecule has 3 N–H and O–H groups in total. The van der Waals surface area contributed by atoms with Crippen LogP contribution in [0.25, 0.3) is 0 Å². The maximum Gasteiger partial charge on any atom is 0.188 e. The van der Waals surface area contributed by atoms with Crippen LogP contribution >= 0.6 is 0 Å². The van der Waals surface area contributed by atoms with E-state index in [0.29, 0.717) is 5.96 Å². The zero-order chi connectivity index (χ0) is 17.9. The van der Waals surface area contributed by atoms with Crippen LogP contribution in [-0.4, -0.2) is 62.9 Å². The van der Waals surface area contributed by atoms with Crippen molar-refractivity contribution in [2.24, 2.45) is 10.7 Å². The van der Waals surface area contributed by atoms with Crippen molar-refractivity contribution >= 4 is 5.96 Å². The Kier molecular flexibility index (Phi) is 8.55. The first-order chi connectivity index (χ1) is 12.1. The van der Waals surface area contributed by atoms with Gasteiger partial charge in [-0.25, -0.2) is 0 Å². The number of benzene rings is 1. The molecular weight excluding hydrogens is 316 g/mol. The van der Waals surface area contributed by atoms with Crippen LogP contribution < -0.4 is 15.8 Å². The molecule has 1 aromatic carbocycles. The van der Waals surface area contributed by atoms with E-state index in [2.05, 4.69) is 27.3 Å². The molecule has 1 aliphatic rings. The van der Waals surface area contributed by atoms with Crippen molar-refractivity contribution in [3.63, 3.8) is 0 Å². The van der Waals surface area contributed by atoms with E-state index >= 15 is 0 Å². The summed E-state index contributed by atoms with van der Waals surface area (Å²) in [5, 5.41) is 3.18. The zero-order valence-corrected chi connectivity index (χ0v) is 15.5.